The van der Waals surface area contributed by atoms with Gasteiger partial charge in [-0.25, -0.2) is 4.39 Å². The maximum atomic E-state index is 13.3. The molecule has 0 spiro atoms. The average Bonchev–Trinajstić information content (AvgIpc) is 2.48. The number of hydrogen-bond donors (Lipinski definition) is 2. The number of oxime groups is 1. The van der Waals surface area contributed by atoms with Gasteiger partial charge in [0, 0.05) is 16.5 Å². The quantitative estimate of drug-likeness (QED) is 0.297. The van der Waals surface area contributed by atoms with Crippen molar-refractivity contribution in [3.63, 3.8) is 0 Å². The van der Waals surface area contributed by atoms with E-state index < -0.39 is 10.7 Å². The number of nitrogens with zero attached hydrogens (tertiary/aromatic N) is 2. The number of halogens is 1. The molecule has 0 aliphatic carbocycles. The molecule has 0 unspecified atom stereocenters. The molecule has 6 nitrogen and oxygen atoms in total. The summed E-state index contributed by atoms with van der Waals surface area (Å²) < 4.78 is 13.3. The van der Waals surface area contributed by atoms with E-state index >= 15 is 0 Å². The van der Waals surface area contributed by atoms with E-state index in [0.717, 1.165) is 17.8 Å². The van der Waals surface area contributed by atoms with Crippen molar-refractivity contribution >= 4 is 23.3 Å². The van der Waals surface area contributed by atoms with Crippen LogP contribution in [0.1, 0.15) is 5.56 Å². The van der Waals surface area contributed by atoms with Crippen molar-refractivity contribution in [3.05, 3.63) is 64.0 Å². The van der Waals surface area contributed by atoms with E-state index in [0.29, 0.717) is 9.79 Å². The Bertz CT molecular complexity index is 722. The van der Waals surface area contributed by atoms with Crippen molar-refractivity contribution in [1.29, 1.82) is 0 Å². The molecular formula is C13H10FN3O3S. The molecule has 2 aromatic rings. The molecule has 21 heavy (non-hydrogen) atoms. The van der Waals surface area contributed by atoms with Crippen molar-refractivity contribution in [2.24, 2.45) is 10.9 Å². The first-order chi connectivity index (χ1) is 10.0. The molecule has 0 saturated heterocycles. The largest absolute Gasteiger partial charge is 0.409 e. The standard InChI is InChI=1S/C13H10FN3O3S/c14-8-5-6-11(9(7-8)13(15)16-18)21-12-4-2-1-3-10(12)17(19)20/h1-7,18H,(H2,15,16). The Labute approximate surface area is 123 Å². The number of nitrogens with two attached hydrogens (primary N) is 1. The number of nitro groups is 1. The van der Waals surface area contributed by atoms with Gasteiger partial charge >= 0.3 is 0 Å². The van der Waals surface area contributed by atoms with Gasteiger partial charge in [0.25, 0.3) is 5.69 Å². The van der Waals surface area contributed by atoms with Crippen molar-refractivity contribution < 1.29 is 14.5 Å². The fourth-order valence-electron chi connectivity index (χ4n) is 1.66. The molecule has 0 aliphatic heterocycles. The Hall–Kier alpha value is -2.61. The highest BCUT2D eigenvalue weighted by Gasteiger charge is 2.17. The minimum Gasteiger partial charge on any atom is -0.409 e. The molecule has 2 rings (SSSR count). The average molecular weight is 307 g/mol. The van der Waals surface area contributed by atoms with Gasteiger partial charge in [-0.05, 0) is 24.3 Å². The molecule has 0 atom stereocenters. The number of amidine groups is 1. The van der Waals surface area contributed by atoms with Crippen molar-refractivity contribution in [2.75, 3.05) is 0 Å². The maximum Gasteiger partial charge on any atom is 0.283 e. The van der Waals surface area contributed by atoms with E-state index in [4.69, 9.17) is 10.9 Å². The zero-order valence-electron chi connectivity index (χ0n) is 10.6. The van der Waals surface area contributed by atoms with Crippen LogP contribution in [-0.4, -0.2) is 16.0 Å². The fourth-order valence-corrected chi connectivity index (χ4v) is 2.70. The minimum atomic E-state index is -0.552. The van der Waals surface area contributed by atoms with Crippen molar-refractivity contribution in [1.82, 2.24) is 0 Å². The van der Waals surface area contributed by atoms with Crippen LogP contribution < -0.4 is 5.73 Å². The molecule has 0 amide bonds. The number of para-hydroxylation sites is 1. The van der Waals surface area contributed by atoms with Crippen LogP contribution in [0.2, 0.25) is 0 Å². The van der Waals surface area contributed by atoms with Crippen LogP contribution in [0.3, 0.4) is 0 Å². The Balaban J connectivity index is 2.48. The predicted octanol–water partition coefficient (Wildman–Crippen LogP) is 2.98. The summed E-state index contributed by atoms with van der Waals surface area (Å²) in [6.07, 6.45) is 0. The molecule has 0 aliphatic rings. The summed E-state index contributed by atoms with van der Waals surface area (Å²) in [5, 5.41) is 22.6. The first-order valence-electron chi connectivity index (χ1n) is 5.71. The third kappa shape index (κ3) is 3.29. The molecule has 0 heterocycles. The number of hydrogen-bond acceptors (Lipinski definition) is 5. The molecule has 3 N–H and O–H groups in total. The fraction of sp³-hybridized carbons (Fsp3) is 0. The lowest BCUT2D eigenvalue weighted by Gasteiger charge is -2.08. The van der Waals surface area contributed by atoms with Crippen LogP contribution in [-0.2, 0) is 0 Å². The highest BCUT2D eigenvalue weighted by Crippen LogP contribution is 2.36. The van der Waals surface area contributed by atoms with Crippen molar-refractivity contribution in [3.8, 4) is 0 Å². The van der Waals surface area contributed by atoms with E-state index in [1.165, 1.54) is 18.2 Å². The Morgan fingerprint density at radius 2 is 2.00 bits per heavy atom. The summed E-state index contributed by atoms with van der Waals surface area (Å²) in [4.78, 5) is 11.3. The summed E-state index contributed by atoms with van der Waals surface area (Å²) in [6, 6.07) is 9.87. The van der Waals surface area contributed by atoms with Gasteiger partial charge in [0.1, 0.15) is 5.82 Å². The third-order valence-corrected chi connectivity index (χ3v) is 3.75. The van der Waals surface area contributed by atoms with Crippen LogP contribution >= 0.6 is 11.8 Å². The van der Waals surface area contributed by atoms with Gasteiger partial charge in [0.15, 0.2) is 5.84 Å². The number of benzene rings is 2. The topological polar surface area (TPSA) is 102 Å². The molecule has 2 aromatic carbocycles. The van der Waals surface area contributed by atoms with E-state index in [9.17, 15) is 14.5 Å². The summed E-state index contributed by atoms with van der Waals surface area (Å²) in [5.74, 6) is -0.820. The first kappa shape index (κ1) is 14.8. The first-order valence-corrected chi connectivity index (χ1v) is 6.53. The van der Waals surface area contributed by atoms with Gasteiger partial charge < -0.3 is 10.9 Å². The SMILES string of the molecule is NC(=NO)c1cc(F)ccc1Sc1ccccc1[N+](=O)[O-]. The molecule has 108 valence electrons. The molecule has 0 radical (unpaired) electrons. The highest BCUT2D eigenvalue weighted by molar-refractivity contribution is 7.99. The minimum absolute atomic E-state index is 0.0720. The van der Waals surface area contributed by atoms with Crippen LogP contribution in [0.5, 0.6) is 0 Å². The highest BCUT2D eigenvalue weighted by atomic mass is 32.2. The lowest BCUT2D eigenvalue weighted by Crippen LogP contribution is -2.14. The van der Waals surface area contributed by atoms with Crippen LogP contribution in [0.15, 0.2) is 57.4 Å². The van der Waals surface area contributed by atoms with E-state index in [2.05, 4.69) is 5.16 Å². The van der Waals surface area contributed by atoms with Gasteiger partial charge in [-0.2, -0.15) is 0 Å². The van der Waals surface area contributed by atoms with Crippen molar-refractivity contribution in [2.45, 2.75) is 9.79 Å². The summed E-state index contributed by atoms with van der Waals surface area (Å²) in [5.41, 5.74) is 5.60. The summed E-state index contributed by atoms with van der Waals surface area (Å²) in [7, 11) is 0. The van der Waals surface area contributed by atoms with Gasteiger partial charge in [-0.3, -0.25) is 10.1 Å². The van der Waals surface area contributed by atoms with E-state index in [1.54, 1.807) is 18.2 Å². The Morgan fingerprint density at radius 3 is 2.67 bits per heavy atom. The number of nitro benzene ring substituents is 1. The summed E-state index contributed by atoms with van der Waals surface area (Å²) in [6.45, 7) is 0. The molecule has 0 aromatic heterocycles. The van der Waals surface area contributed by atoms with Gasteiger partial charge in [-0.1, -0.05) is 29.1 Å². The second-order valence-electron chi connectivity index (χ2n) is 3.95. The normalized spacial score (nSPS) is 11.4. The van der Waals surface area contributed by atoms with E-state index in [-0.39, 0.29) is 17.1 Å². The zero-order valence-corrected chi connectivity index (χ0v) is 11.4. The maximum absolute atomic E-state index is 13.3. The van der Waals surface area contributed by atoms with Gasteiger partial charge in [-0.15, -0.1) is 0 Å². The molecule has 0 fully saturated rings. The van der Waals surface area contributed by atoms with Crippen LogP contribution in [0.4, 0.5) is 10.1 Å². The predicted molar refractivity (Wildman–Crippen MR) is 76.1 cm³/mol. The second kappa shape index (κ2) is 6.23. The number of rotatable bonds is 4. The van der Waals surface area contributed by atoms with E-state index in [1.807, 2.05) is 0 Å². The lowest BCUT2D eigenvalue weighted by molar-refractivity contribution is -0.387. The van der Waals surface area contributed by atoms with Gasteiger partial charge in [0.2, 0.25) is 0 Å². The second-order valence-corrected chi connectivity index (χ2v) is 5.04. The Kier molecular flexibility index (Phi) is 4.39. The van der Waals surface area contributed by atoms with Crippen LogP contribution in [0, 0.1) is 15.9 Å². The molecule has 0 saturated carbocycles. The molecular weight excluding hydrogens is 297 g/mol. The van der Waals surface area contributed by atoms with Gasteiger partial charge in [0.05, 0.1) is 9.82 Å². The summed E-state index contributed by atoms with van der Waals surface area (Å²) >= 11 is 1.04. The lowest BCUT2D eigenvalue weighted by atomic mass is 10.2. The molecule has 0 bridgehead atoms. The Morgan fingerprint density at radius 1 is 1.29 bits per heavy atom. The third-order valence-electron chi connectivity index (χ3n) is 2.61. The smallest absolute Gasteiger partial charge is 0.283 e. The molecule has 8 heteroatoms. The zero-order chi connectivity index (χ0) is 15.4. The monoisotopic (exact) mass is 307 g/mol. The van der Waals surface area contributed by atoms with Crippen LogP contribution in [0.25, 0.3) is 0 Å².